The second-order valence-electron chi connectivity index (χ2n) is 4.94. The van der Waals surface area contributed by atoms with Crippen LogP contribution >= 0.6 is 11.6 Å². The van der Waals surface area contributed by atoms with Gasteiger partial charge in [0.05, 0.1) is 6.61 Å². The second-order valence-corrected chi connectivity index (χ2v) is 5.37. The third kappa shape index (κ3) is 5.01. The summed E-state index contributed by atoms with van der Waals surface area (Å²) >= 11 is 5.91. The topological polar surface area (TPSA) is 15.7 Å². The second kappa shape index (κ2) is 7.73. The molecular weight excluding hydrogens is 260 g/mol. The molecule has 1 heterocycles. The average Bonchev–Trinajstić information content (AvgIpc) is 2.44. The summed E-state index contributed by atoms with van der Waals surface area (Å²) in [5.74, 6) is 0.864. The van der Waals surface area contributed by atoms with Crippen molar-refractivity contribution in [1.29, 1.82) is 0 Å². The fraction of sp³-hybridized carbons (Fsp3) is 0.600. The lowest BCUT2D eigenvalue weighted by molar-refractivity contribution is 0.130. The standard InChI is InChI=1S/C15H23ClN2O/c1-2-17-8-10-18(11-9-17)7-4-12-19-15-6-3-5-14(16)13-15/h3,5-6,13H,2,4,7-12H2,1H3. The first-order chi connectivity index (χ1) is 9.28. The zero-order valence-electron chi connectivity index (χ0n) is 11.6. The number of likely N-dealkylation sites (N-methyl/N-ethyl adjacent to an activating group) is 1. The molecule has 0 aromatic heterocycles. The number of piperazine rings is 1. The molecule has 2 rings (SSSR count). The molecule has 0 radical (unpaired) electrons. The summed E-state index contributed by atoms with van der Waals surface area (Å²) in [6.45, 7) is 10.1. The summed E-state index contributed by atoms with van der Waals surface area (Å²) in [5.41, 5.74) is 0. The van der Waals surface area contributed by atoms with Gasteiger partial charge in [0, 0.05) is 37.7 Å². The minimum absolute atomic E-state index is 0.730. The van der Waals surface area contributed by atoms with E-state index >= 15 is 0 Å². The molecule has 1 aromatic carbocycles. The lowest BCUT2D eigenvalue weighted by Crippen LogP contribution is -2.46. The van der Waals surface area contributed by atoms with Crippen LogP contribution in [0, 0.1) is 0 Å². The summed E-state index contributed by atoms with van der Waals surface area (Å²) in [7, 11) is 0. The van der Waals surface area contributed by atoms with E-state index in [-0.39, 0.29) is 0 Å². The summed E-state index contributed by atoms with van der Waals surface area (Å²) in [6, 6.07) is 7.59. The Bertz CT molecular complexity index is 378. The van der Waals surface area contributed by atoms with E-state index in [4.69, 9.17) is 16.3 Å². The SMILES string of the molecule is CCN1CCN(CCCOc2cccc(Cl)c2)CC1. The monoisotopic (exact) mass is 282 g/mol. The van der Waals surface area contributed by atoms with Crippen molar-refractivity contribution in [2.45, 2.75) is 13.3 Å². The molecule has 0 saturated carbocycles. The van der Waals surface area contributed by atoms with E-state index in [9.17, 15) is 0 Å². The summed E-state index contributed by atoms with van der Waals surface area (Å²) in [5, 5.41) is 0.730. The highest BCUT2D eigenvalue weighted by Crippen LogP contribution is 2.17. The molecule has 1 fully saturated rings. The molecule has 19 heavy (non-hydrogen) atoms. The Balaban J connectivity index is 1.60. The van der Waals surface area contributed by atoms with Gasteiger partial charge in [-0.1, -0.05) is 24.6 Å². The predicted molar refractivity (Wildman–Crippen MR) is 80.1 cm³/mol. The van der Waals surface area contributed by atoms with E-state index in [1.54, 1.807) is 0 Å². The van der Waals surface area contributed by atoms with Crippen LogP contribution in [-0.4, -0.2) is 55.7 Å². The molecular formula is C15H23ClN2O. The number of benzene rings is 1. The molecule has 4 heteroatoms. The molecule has 0 bridgehead atoms. The first-order valence-corrected chi connectivity index (χ1v) is 7.49. The zero-order valence-corrected chi connectivity index (χ0v) is 12.4. The molecule has 0 N–H and O–H groups in total. The van der Waals surface area contributed by atoms with Crippen molar-refractivity contribution in [3.05, 3.63) is 29.3 Å². The van der Waals surface area contributed by atoms with E-state index in [0.717, 1.165) is 30.3 Å². The average molecular weight is 283 g/mol. The van der Waals surface area contributed by atoms with Crippen molar-refractivity contribution < 1.29 is 4.74 Å². The van der Waals surface area contributed by atoms with E-state index < -0.39 is 0 Å². The van der Waals surface area contributed by atoms with E-state index in [2.05, 4.69) is 16.7 Å². The first-order valence-electron chi connectivity index (χ1n) is 7.11. The van der Waals surface area contributed by atoms with Crippen molar-refractivity contribution in [1.82, 2.24) is 9.80 Å². The van der Waals surface area contributed by atoms with Gasteiger partial charge in [-0.05, 0) is 31.2 Å². The Morgan fingerprint density at radius 2 is 1.89 bits per heavy atom. The van der Waals surface area contributed by atoms with Crippen molar-refractivity contribution >= 4 is 11.6 Å². The van der Waals surface area contributed by atoms with Crippen LogP contribution in [0.5, 0.6) is 5.75 Å². The third-order valence-corrected chi connectivity index (χ3v) is 3.83. The van der Waals surface area contributed by atoms with Crippen LogP contribution < -0.4 is 4.74 Å². The largest absolute Gasteiger partial charge is 0.493 e. The predicted octanol–water partition coefficient (Wildman–Crippen LogP) is 2.75. The van der Waals surface area contributed by atoms with Crippen LogP contribution in [0.15, 0.2) is 24.3 Å². The minimum Gasteiger partial charge on any atom is -0.493 e. The highest BCUT2D eigenvalue weighted by atomic mass is 35.5. The van der Waals surface area contributed by atoms with Crippen LogP contribution in [0.1, 0.15) is 13.3 Å². The Morgan fingerprint density at radius 1 is 1.16 bits per heavy atom. The van der Waals surface area contributed by atoms with Gasteiger partial charge in [-0.15, -0.1) is 0 Å². The number of nitrogens with zero attached hydrogens (tertiary/aromatic N) is 2. The highest BCUT2D eigenvalue weighted by molar-refractivity contribution is 6.30. The fourth-order valence-electron chi connectivity index (χ4n) is 2.36. The maximum Gasteiger partial charge on any atom is 0.120 e. The van der Waals surface area contributed by atoms with Crippen molar-refractivity contribution in [3.8, 4) is 5.75 Å². The Morgan fingerprint density at radius 3 is 2.58 bits per heavy atom. The van der Waals surface area contributed by atoms with Crippen LogP contribution in [0.4, 0.5) is 0 Å². The fourth-order valence-corrected chi connectivity index (χ4v) is 2.54. The Labute approximate surface area is 121 Å². The van der Waals surface area contributed by atoms with Gasteiger partial charge >= 0.3 is 0 Å². The molecule has 1 aromatic rings. The number of rotatable bonds is 6. The molecule has 106 valence electrons. The zero-order chi connectivity index (χ0) is 13.5. The van der Waals surface area contributed by atoms with Gasteiger partial charge in [-0.25, -0.2) is 0 Å². The number of hydrogen-bond donors (Lipinski definition) is 0. The number of hydrogen-bond acceptors (Lipinski definition) is 3. The molecule has 0 spiro atoms. The number of ether oxygens (including phenoxy) is 1. The van der Waals surface area contributed by atoms with Crippen molar-refractivity contribution in [2.75, 3.05) is 45.9 Å². The van der Waals surface area contributed by atoms with Crippen molar-refractivity contribution in [2.24, 2.45) is 0 Å². The molecule has 0 amide bonds. The van der Waals surface area contributed by atoms with Gasteiger partial charge in [0.1, 0.15) is 5.75 Å². The van der Waals surface area contributed by atoms with E-state index in [1.807, 2.05) is 24.3 Å². The summed E-state index contributed by atoms with van der Waals surface area (Å²) in [6.07, 6.45) is 1.07. The normalized spacial score (nSPS) is 17.6. The summed E-state index contributed by atoms with van der Waals surface area (Å²) in [4.78, 5) is 5.02. The van der Waals surface area contributed by atoms with Gasteiger partial charge in [-0.2, -0.15) is 0 Å². The third-order valence-electron chi connectivity index (χ3n) is 3.60. The van der Waals surface area contributed by atoms with Gasteiger partial charge in [0.2, 0.25) is 0 Å². The molecule has 0 aliphatic carbocycles. The van der Waals surface area contributed by atoms with Crippen LogP contribution in [0.3, 0.4) is 0 Å². The molecule has 1 aliphatic heterocycles. The quantitative estimate of drug-likeness (QED) is 0.746. The van der Waals surface area contributed by atoms with E-state index in [1.165, 1.54) is 32.7 Å². The smallest absolute Gasteiger partial charge is 0.120 e. The number of halogens is 1. The van der Waals surface area contributed by atoms with Crippen LogP contribution in [-0.2, 0) is 0 Å². The minimum atomic E-state index is 0.730. The van der Waals surface area contributed by atoms with Crippen LogP contribution in [0.25, 0.3) is 0 Å². The maximum absolute atomic E-state index is 5.91. The van der Waals surface area contributed by atoms with Gasteiger partial charge < -0.3 is 14.5 Å². The Hall–Kier alpha value is -0.770. The molecule has 0 unspecified atom stereocenters. The molecule has 3 nitrogen and oxygen atoms in total. The Kier molecular flexibility index (Phi) is 5.95. The highest BCUT2D eigenvalue weighted by Gasteiger charge is 2.14. The van der Waals surface area contributed by atoms with Gasteiger partial charge in [0.15, 0.2) is 0 Å². The molecule has 0 atom stereocenters. The van der Waals surface area contributed by atoms with Crippen molar-refractivity contribution in [3.63, 3.8) is 0 Å². The molecule has 1 saturated heterocycles. The van der Waals surface area contributed by atoms with Gasteiger partial charge in [0.25, 0.3) is 0 Å². The van der Waals surface area contributed by atoms with Gasteiger partial charge in [-0.3, -0.25) is 0 Å². The lowest BCUT2D eigenvalue weighted by Gasteiger charge is -2.33. The molecule has 1 aliphatic rings. The maximum atomic E-state index is 5.91. The van der Waals surface area contributed by atoms with E-state index in [0.29, 0.717) is 0 Å². The van der Waals surface area contributed by atoms with Crippen LogP contribution in [0.2, 0.25) is 5.02 Å². The lowest BCUT2D eigenvalue weighted by atomic mass is 10.3. The summed E-state index contributed by atoms with van der Waals surface area (Å²) < 4.78 is 5.70. The first kappa shape index (κ1) is 14.6.